The molecule has 28 heavy (non-hydrogen) atoms. The first-order chi connectivity index (χ1) is 13.7. The van der Waals surface area contributed by atoms with Crippen molar-refractivity contribution in [2.75, 3.05) is 13.2 Å². The highest BCUT2D eigenvalue weighted by atomic mass is 19.1. The average molecular weight is 381 g/mol. The summed E-state index contributed by atoms with van der Waals surface area (Å²) in [4.78, 5) is 22.6. The first-order valence-corrected chi connectivity index (χ1v) is 9.21. The van der Waals surface area contributed by atoms with Gasteiger partial charge in [-0.3, -0.25) is 9.78 Å². The van der Waals surface area contributed by atoms with Gasteiger partial charge in [0.1, 0.15) is 23.4 Å². The molecule has 1 aliphatic rings. The number of pyridine rings is 1. The zero-order chi connectivity index (χ0) is 19.3. The van der Waals surface area contributed by atoms with Gasteiger partial charge < -0.3 is 14.1 Å². The lowest BCUT2D eigenvalue weighted by atomic mass is 10.1. The minimum absolute atomic E-state index is 0.0645. The molecule has 0 aliphatic carbocycles. The quantitative estimate of drug-likeness (QED) is 0.653. The summed E-state index contributed by atoms with van der Waals surface area (Å²) < 4.78 is 25.2. The standard InChI is InChI=1S/C21H20FN3O3/c22-18-7-2-1-5-15(18)11-17-13-24-21(28-17)19-8-4-10-25(19)20(26)14-27-16-6-3-9-23-12-16/h1-3,5-7,9,12-13,19H,4,8,10-11,14H2. The van der Waals surface area contributed by atoms with Crippen molar-refractivity contribution < 1.29 is 18.3 Å². The maximum Gasteiger partial charge on any atom is 0.261 e. The van der Waals surface area contributed by atoms with E-state index >= 15 is 0 Å². The molecule has 4 rings (SSSR count). The predicted octanol–water partition coefficient (Wildman–Crippen LogP) is 3.54. The Morgan fingerprint density at radius 1 is 1.25 bits per heavy atom. The molecule has 144 valence electrons. The van der Waals surface area contributed by atoms with Crippen molar-refractivity contribution in [3.05, 3.63) is 78.0 Å². The predicted molar refractivity (Wildman–Crippen MR) is 99.1 cm³/mol. The van der Waals surface area contributed by atoms with E-state index in [1.165, 1.54) is 6.07 Å². The molecule has 0 spiro atoms. The maximum atomic E-state index is 13.8. The van der Waals surface area contributed by atoms with Crippen molar-refractivity contribution in [1.29, 1.82) is 0 Å². The summed E-state index contributed by atoms with van der Waals surface area (Å²) >= 11 is 0. The molecule has 2 aromatic heterocycles. The van der Waals surface area contributed by atoms with Crippen molar-refractivity contribution in [3.63, 3.8) is 0 Å². The van der Waals surface area contributed by atoms with Gasteiger partial charge in [-0.2, -0.15) is 0 Å². The second-order valence-corrected chi connectivity index (χ2v) is 6.66. The zero-order valence-electron chi connectivity index (χ0n) is 15.3. The average Bonchev–Trinajstić information content (AvgIpc) is 3.38. The molecule has 7 heteroatoms. The Labute approximate surface area is 162 Å². The van der Waals surface area contributed by atoms with Crippen LogP contribution in [0.5, 0.6) is 5.75 Å². The monoisotopic (exact) mass is 381 g/mol. The van der Waals surface area contributed by atoms with E-state index in [4.69, 9.17) is 9.15 Å². The molecule has 0 saturated carbocycles. The molecule has 1 amide bonds. The van der Waals surface area contributed by atoms with Gasteiger partial charge in [0.25, 0.3) is 5.91 Å². The number of rotatable bonds is 6. The van der Waals surface area contributed by atoms with Gasteiger partial charge in [-0.15, -0.1) is 0 Å². The first-order valence-electron chi connectivity index (χ1n) is 9.21. The molecule has 1 saturated heterocycles. The number of likely N-dealkylation sites (tertiary alicyclic amines) is 1. The van der Waals surface area contributed by atoms with Gasteiger partial charge in [0.05, 0.1) is 12.4 Å². The van der Waals surface area contributed by atoms with E-state index in [0.717, 1.165) is 12.8 Å². The Bertz CT molecular complexity index is 945. The van der Waals surface area contributed by atoms with Crippen molar-refractivity contribution in [1.82, 2.24) is 14.9 Å². The second kappa shape index (κ2) is 8.21. The van der Waals surface area contributed by atoms with Crippen LogP contribution < -0.4 is 4.74 Å². The topological polar surface area (TPSA) is 68.5 Å². The van der Waals surface area contributed by atoms with Crippen molar-refractivity contribution in [2.45, 2.75) is 25.3 Å². The second-order valence-electron chi connectivity index (χ2n) is 6.66. The number of hydrogen-bond acceptors (Lipinski definition) is 5. The van der Waals surface area contributed by atoms with E-state index in [9.17, 15) is 9.18 Å². The number of nitrogens with zero attached hydrogens (tertiary/aromatic N) is 3. The highest BCUT2D eigenvalue weighted by molar-refractivity contribution is 5.78. The van der Waals surface area contributed by atoms with Crippen LogP contribution in [0.25, 0.3) is 0 Å². The normalized spacial score (nSPS) is 16.3. The highest BCUT2D eigenvalue weighted by Gasteiger charge is 2.33. The third kappa shape index (κ3) is 4.03. The van der Waals surface area contributed by atoms with Crippen molar-refractivity contribution in [2.24, 2.45) is 0 Å². The zero-order valence-corrected chi connectivity index (χ0v) is 15.3. The number of halogens is 1. The van der Waals surface area contributed by atoms with Gasteiger partial charge in [0.15, 0.2) is 6.61 Å². The Hall–Kier alpha value is -3.22. The summed E-state index contributed by atoms with van der Waals surface area (Å²) in [6, 6.07) is 9.87. The van der Waals surface area contributed by atoms with Crippen LogP contribution in [0.3, 0.4) is 0 Å². The van der Waals surface area contributed by atoms with Crippen LogP contribution >= 0.6 is 0 Å². The molecular weight excluding hydrogens is 361 g/mol. The van der Waals surface area contributed by atoms with Gasteiger partial charge in [-0.25, -0.2) is 9.37 Å². The molecule has 0 N–H and O–H groups in total. The Balaban J connectivity index is 1.41. The first kappa shape index (κ1) is 18.2. The highest BCUT2D eigenvalue weighted by Crippen LogP contribution is 2.32. The fourth-order valence-electron chi connectivity index (χ4n) is 3.37. The molecule has 0 radical (unpaired) electrons. The minimum atomic E-state index is -0.273. The minimum Gasteiger partial charge on any atom is -0.482 e. The van der Waals surface area contributed by atoms with Crippen LogP contribution in [0.4, 0.5) is 4.39 Å². The van der Waals surface area contributed by atoms with Crippen LogP contribution in [-0.4, -0.2) is 33.9 Å². The summed E-state index contributed by atoms with van der Waals surface area (Å²) in [7, 11) is 0. The SMILES string of the molecule is O=C(COc1cccnc1)N1CCCC1c1ncc(Cc2ccccc2F)o1. The van der Waals surface area contributed by atoms with Crippen LogP contribution in [0.1, 0.15) is 36.1 Å². The molecular formula is C21H20FN3O3. The van der Waals surface area contributed by atoms with Gasteiger partial charge in [-0.1, -0.05) is 18.2 Å². The number of ether oxygens (including phenoxy) is 1. The Kier molecular flexibility index (Phi) is 5.32. The Morgan fingerprint density at radius 2 is 2.14 bits per heavy atom. The number of oxazole rings is 1. The van der Waals surface area contributed by atoms with E-state index in [1.54, 1.807) is 53.8 Å². The lowest BCUT2D eigenvalue weighted by Gasteiger charge is -2.22. The molecule has 1 aromatic carbocycles. The summed E-state index contributed by atoms with van der Waals surface area (Å²) in [5, 5.41) is 0. The summed E-state index contributed by atoms with van der Waals surface area (Å²) in [5.74, 6) is 1.21. The lowest BCUT2D eigenvalue weighted by molar-refractivity contribution is -0.134. The third-order valence-corrected chi connectivity index (χ3v) is 4.75. The molecule has 1 unspecified atom stereocenters. The molecule has 1 fully saturated rings. The lowest BCUT2D eigenvalue weighted by Crippen LogP contribution is -2.34. The molecule has 3 heterocycles. The van der Waals surface area contributed by atoms with Crippen LogP contribution in [0.2, 0.25) is 0 Å². The fourth-order valence-corrected chi connectivity index (χ4v) is 3.37. The smallest absolute Gasteiger partial charge is 0.261 e. The van der Waals surface area contributed by atoms with E-state index in [2.05, 4.69) is 9.97 Å². The number of carbonyl (C=O) groups is 1. The van der Waals surface area contributed by atoms with Gasteiger partial charge in [-0.05, 0) is 36.6 Å². The fraction of sp³-hybridized carbons (Fsp3) is 0.286. The molecule has 6 nitrogen and oxygen atoms in total. The van der Waals surface area contributed by atoms with Crippen LogP contribution in [-0.2, 0) is 11.2 Å². The number of benzene rings is 1. The van der Waals surface area contributed by atoms with Crippen LogP contribution in [0, 0.1) is 5.82 Å². The largest absolute Gasteiger partial charge is 0.482 e. The van der Waals surface area contributed by atoms with Crippen LogP contribution in [0.15, 0.2) is 59.4 Å². The number of carbonyl (C=O) groups excluding carboxylic acids is 1. The van der Waals surface area contributed by atoms with Crippen molar-refractivity contribution >= 4 is 5.91 Å². The maximum absolute atomic E-state index is 13.8. The van der Waals surface area contributed by atoms with Gasteiger partial charge in [0, 0.05) is 19.2 Å². The molecule has 3 aromatic rings. The Morgan fingerprint density at radius 3 is 2.96 bits per heavy atom. The van der Waals surface area contributed by atoms with E-state index in [-0.39, 0.29) is 24.4 Å². The third-order valence-electron chi connectivity index (χ3n) is 4.75. The van der Waals surface area contributed by atoms with Gasteiger partial charge in [0.2, 0.25) is 5.89 Å². The number of hydrogen-bond donors (Lipinski definition) is 0. The van der Waals surface area contributed by atoms with E-state index < -0.39 is 0 Å². The molecule has 1 atom stereocenters. The summed E-state index contributed by atoms with van der Waals surface area (Å²) in [5.41, 5.74) is 0.550. The molecule has 1 aliphatic heterocycles. The van der Waals surface area contributed by atoms with Gasteiger partial charge >= 0.3 is 0 Å². The number of amides is 1. The van der Waals surface area contributed by atoms with E-state index in [0.29, 0.717) is 35.9 Å². The summed E-state index contributed by atoms with van der Waals surface area (Å²) in [6.07, 6.45) is 6.79. The summed E-state index contributed by atoms with van der Waals surface area (Å²) in [6.45, 7) is 0.565. The van der Waals surface area contributed by atoms with Crippen molar-refractivity contribution in [3.8, 4) is 5.75 Å². The molecule has 0 bridgehead atoms. The van der Waals surface area contributed by atoms with E-state index in [1.807, 2.05) is 0 Å². The number of aromatic nitrogens is 2.